The lowest BCUT2D eigenvalue weighted by Gasteiger charge is -2.34. The van der Waals surface area contributed by atoms with E-state index in [9.17, 15) is 26.3 Å². The molecule has 0 amide bonds. The van der Waals surface area contributed by atoms with Crippen molar-refractivity contribution < 1.29 is 46.1 Å². The molecule has 232 valence electrons. The number of carboxylic acid groups (broad SMARTS) is 2. The van der Waals surface area contributed by atoms with E-state index in [0.717, 1.165) is 48.6 Å². The molecule has 2 aromatic heterocycles. The van der Waals surface area contributed by atoms with Gasteiger partial charge in [0.05, 0.1) is 23.5 Å². The zero-order valence-electron chi connectivity index (χ0n) is 23.0. The third-order valence-corrected chi connectivity index (χ3v) is 6.38. The fourth-order valence-electron chi connectivity index (χ4n) is 4.02. The fraction of sp³-hybridized carbons (Fsp3) is 0.241. The molecule has 1 fully saturated rings. The number of hydrogen-bond donors (Lipinski definition) is 2. The Hall–Kier alpha value is -5.10. The van der Waals surface area contributed by atoms with Gasteiger partial charge >= 0.3 is 24.3 Å². The molecule has 1 aliphatic rings. The minimum absolute atomic E-state index is 0.662. The molecule has 9 nitrogen and oxygen atoms in total. The minimum atomic E-state index is -5.08. The van der Waals surface area contributed by atoms with Crippen molar-refractivity contribution in [2.24, 2.45) is 0 Å². The predicted octanol–water partition coefficient (Wildman–Crippen LogP) is 5.56. The van der Waals surface area contributed by atoms with Gasteiger partial charge in [0.1, 0.15) is 5.65 Å². The highest BCUT2D eigenvalue weighted by molar-refractivity contribution is 5.74. The van der Waals surface area contributed by atoms with E-state index in [1.54, 1.807) is 0 Å². The van der Waals surface area contributed by atoms with Crippen LogP contribution in [0.3, 0.4) is 0 Å². The van der Waals surface area contributed by atoms with Crippen LogP contribution >= 0.6 is 0 Å². The highest BCUT2D eigenvalue weighted by Gasteiger charge is 2.38. The standard InChI is InChI=1S/C25H23N5.2C2HF3O2/c1-28-12-14-29(15-13-28)23-8-6-20(7-9-23)22-10-11-30-24(18-27-25(30)16-22)21-4-2-19(17-26)3-5-21;2*3-2(4,5)1(6)7/h2-11,16,18H,12-15H2,1H3;2*(H,6,7). The van der Waals surface area contributed by atoms with Gasteiger partial charge in [-0.15, -0.1) is 0 Å². The van der Waals surface area contributed by atoms with E-state index < -0.39 is 24.3 Å². The molecule has 5 rings (SSSR count). The molecule has 0 aliphatic carbocycles. The first-order valence-corrected chi connectivity index (χ1v) is 12.7. The van der Waals surface area contributed by atoms with Crippen LogP contribution in [0.25, 0.3) is 28.0 Å². The van der Waals surface area contributed by atoms with Crippen LogP contribution in [0, 0.1) is 11.3 Å². The van der Waals surface area contributed by atoms with Crippen LogP contribution < -0.4 is 4.90 Å². The molecular weight excluding hydrogens is 596 g/mol. The molecule has 2 N–H and O–H groups in total. The van der Waals surface area contributed by atoms with Crippen molar-refractivity contribution in [2.45, 2.75) is 12.4 Å². The third-order valence-electron chi connectivity index (χ3n) is 6.38. The topological polar surface area (TPSA) is 122 Å². The second-order valence-electron chi connectivity index (χ2n) is 9.42. The van der Waals surface area contributed by atoms with Gasteiger partial charge in [0.25, 0.3) is 0 Å². The second-order valence-corrected chi connectivity index (χ2v) is 9.42. The molecule has 3 heterocycles. The molecule has 4 aromatic rings. The summed E-state index contributed by atoms with van der Waals surface area (Å²) in [5.41, 5.74) is 7.28. The molecule has 44 heavy (non-hydrogen) atoms. The maximum atomic E-state index is 10.6. The average molecular weight is 622 g/mol. The number of imidazole rings is 1. The van der Waals surface area contributed by atoms with Crippen molar-refractivity contribution in [1.29, 1.82) is 5.26 Å². The molecule has 0 bridgehead atoms. The van der Waals surface area contributed by atoms with Crippen LogP contribution in [-0.2, 0) is 9.59 Å². The van der Waals surface area contributed by atoms with E-state index in [0.29, 0.717) is 5.56 Å². The number of aromatic nitrogens is 2. The summed E-state index contributed by atoms with van der Waals surface area (Å²) in [6.07, 6.45) is -6.21. The molecule has 0 saturated carbocycles. The first-order chi connectivity index (χ1) is 20.6. The maximum Gasteiger partial charge on any atom is 0.490 e. The Morgan fingerprint density at radius 1 is 0.795 bits per heavy atom. The normalized spacial score (nSPS) is 13.6. The molecule has 0 spiro atoms. The van der Waals surface area contributed by atoms with Crippen molar-refractivity contribution in [2.75, 3.05) is 38.1 Å². The van der Waals surface area contributed by atoms with Crippen LogP contribution in [-0.4, -0.2) is 82.0 Å². The van der Waals surface area contributed by atoms with E-state index in [1.807, 2.05) is 30.5 Å². The Morgan fingerprint density at radius 2 is 1.30 bits per heavy atom. The SMILES string of the molecule is CN1CCN(c2ccc(-c3ccn4c(-c5ccc(C#N)cc5)cnc4c3)cc2)CC1.O=C(O)C(F)(F)F.O=C(O)C(F)(F)F. The summed E-state index contributed by atoms with van der Waals surface area (Å²) < 4.78 is 65.6. The molecule has 2 aromatic carbocycles. The number of rotatable bonds is 3. The number of nitrogens with zero attached hydrogens (tertiary/aromatic N) is 5. The van der Waals surface area contributed by atoms with Crippen molar-refractivity contribution in [3.8, 4) is 28.5 Å². The van der Waals surface area contributed by atoms with Gasteiger partial charge in [-0.3, -0.25) is 4.40 Å². The number of fused-ring (bicyclic) bond motifs is 1. The zero-order valence-corrected chi connectivity index (χ0v) is 23.0. The molecular formula is C29H25F6N5O4. The van der Waals surface area contributed by atoms with Crippen LogP contribution in [0.5, 0.6) is 0 Å². The number of aliphatic carboxylic acids is 2. The number of pyridine rings is 1. The number of hydrogen-bond acceptors (Lipinski definition) is 6. The largest absolute Gasteiger partial charge is 0.490 e. The highest BCUT2D eigenvalue weighted by atomic mass is 19.4. The number of likely N-dealkylation sites (N-methyl/N-ethyl adjacent to an activating group) is 1. The molecule has 1 saturated heterocycles. The number of benzene rings is 2. The van der Waals surface area contributed by atoms with E-state index in [4.69, 9.17) is 25.1 Å². The lowest BCUT2D eigenvalue weighted by atomic mass is 10.1. The van der Waals surface area contributed by atoms with Gasteiger partial charge in [-0.2, -0.15) is 31.6 Å². The number of anilines is 1. The molecule has 0 unspecified atom stereocenters. The first-order valence-electron chi connectivity index (χ1n) is 12.7. The highest BCUT2D eigenvalue weighted by Crippen LogP contribution is 2.27. The number of alkyl halides is 6. The number of carbonyl (C=O) groups is 2. The van der Waals surface area contributed by atoms with E-state index in [-0.39, 0.29) is 0 Å². The van der Waals surface area contributed by atoms with Gasteiger partial charge in [-0.25, -0.2) is 14.6 Å². The summed E-state index contributed by atoms with van der Waals surface area (Å²) >= 11 is 0. The minimum Gasteiger partial charge on any atom is -0.475 e. The summed E-state index contributed by atoms with van der Waals surface area (Å²) in [4.78, 5) is 27.2. The smallest absolute Gasteiger partial charge is 0.475 e. The number of halogens is 6. The van der Waals surface area contributed by atoms with Gasteiger partial charge in [-0.1, -0.05) is 24.3 Å². The van der Waals surface area contributed by atoms with E-state index in [1.165, 1.54) is 11.3 Å². The Labute approximate surface area is 246 Å². The number of nitriles is 1. The van der Waals surface area contributed by atoms with Crippen molar-refractivity contribution in [1.82, 2.24) is 14.3 Å². The monoisotopic (exact) mass is 621 g/mol. The van der Waals surface area contributed by atoms with Crippen LogP contribution in [0.2, 0.25) is 0 Å². The number of carboxylic acids is 2. The lowest BCUT2D eigenvalue weighted by Crippen LogP contribution is -2.44. The van der Waals surface area contributed by atoms with Gasteiger partial charge < -0.3 is 20.0 Å². The Kier molecular flexibility index (Phi) is 10.6. The average Bonchev–Trinajstić information content (AvgIpc) is 3.41. The van der Waals surface area contributed by atoms with Crippen LogP contribution in [0.1, 0.15) is 5.56 Å². The van der Waals surface area contributed by atoms with Crippen molar-refractivity contribution in [3.63, 3.8) is 0 Å². The summed E-state index contributed by atoms with van der Waals surface area (Å²) in [5, 5.41) is 23.2. The summed E-state index contributed by atoms with van der Waals surface area (Å²) in [6, 6.07) is 22.9. The lowest BCUT2D eigenvalue weighted by molar-refractivity contribution is -0.193. The van der Waals surface area contributed by atoms with E-state index >= 15 is 0 Å². The Bertz CT molecular complexity index is 1600. The summed E-state index contributed by atoms with van der Waals surface area (Å²) in [7, 11) is 2.18. The van der Waals surface area contributed by atoms with Crippen LogP contribution in [0.15, 0.2) is 73.1 Å². The molecule has 15 heteroatoms. The van der Waals surface area contributed by atoms with Crippen molar-refractivity contribution in [3.05, 3.63) is 78.6 Å². The summed E-state index contributed by atoms with van der Waals surface area (Å²) in [6.45, 7) is 4.38. The van der Waals surface area contributed by atoms with E-state index in [2.05, 4.69) is 74.9 Å². The fourth-order valence-corrected chi connectivity index (χ4v) is 4.02. The molecule has 0 radical (unpaired) electrons. The van der Waals surface area contributed by atoms with Gasteiger partial charge in [0.15, 0.2) is 0 Å². The quantitative estimate of drug-likeness (QED) is 0.286. The van der Waals surface area contributed by atoms with Crippen LogP contribution in [0.4, 0.5) is 32.0 Å². The second kappa shape index (κ2) is 13.9. The Balaban J connectivity index is 0.000000317. The van der Waals surface area contributed by atoms with Gasteiger partial charge in [0, 0.05) is 43.6 Å². The van der Waals surface area contributed by atoms with Gasteiger partial charge in [-0.05, 0) is 54.6 Å². The molecule has 0 atom stereocenters. The molecule has 1 aliphatic heterocycles. The van der Waals surface area contributed by atoms with Gasteiger partial charge in [0.2, 0.25) is 0 Å². The Morgan fingerprint density at radius 3 is 1.77 bits per heavy atom. The number of piperazine rings is 1. The predicted molar refractivity (Wildman–Crippen MR) is 148 cm³/mol. The zero-order chi connectivity index (χ0) is 32.7. The van der Waals surface area contributed by atoms with Crippen molar-refractivity contribution >= 4 is 23.3 Å². The third kappa shape index (κ3) is 8.95. The summed E-state index contributed by atoms with van der Waals surface area (Å²) in [5.74, 6) is -5.51. The first kappa shape index (κ1) is 33.4. The maximum absolute atomic E-state index is 10.6.